The molecule has 0 aliphatic carbocycles. The van der Waals surface area contributed by atoms with Crippen LogP contribution >= 0.6 is 15.9 Å². The normalized spacial score (nSPS) is 28.4. The zero-order valence-corrected chi connectivity index (χ0v) is 13.6. The van der Waals surface area contributed by atoms with Crippen molar-refractivity contribution in [2.24, 2.45) is 0 Å². The fourth-order valence-corrected chi connectivity index (χ4v) is 2.40. The second-order valence-electron chi connectivity index (χ2n) is 5.06. The summed E-state index contributed by atoms with van der Waals surface area (Å²) >= 11 is 3.28. The topological polar surface area (TPSA) is 116 Å². The minimum atomic E-state index is -1.29. The van der Waals surface area contributed by atoms with Gasteiger partial charge in [-0.2, -0.15) is 0 Å². The molecule has 2 rings (SSSR count). The molecule has 126 valence electrons. The molecule has 1 aromatic carbocycles. The van der Waals surface area contributed by atoms with Gasteiger partial charge in [-0.15, -0.1) is 0 Å². The average Bonchev–Trinajstić information content (AvgIpc) is 2.52. The predicted octanol–water partition coefficient (Wildman–Crippen LogP) is 0.720. The van der Waals surface area contributed by atoms with Gasteiger partial charge in [-0.1, -0.05) is 28.1 Å². The summed E-state index contributed by atoms with van der Waals surface area (Å²) in [5.41, 5.74) is 0.612. The first-order valence-electron chi connectivity index (χ1n) is 6.90. The van der Waals surface area contributed by atoms with E-state index in [0.717, 1.165) is 4.47 Å². The molecule has 4 N–H and O–H groups in total. The second-order valence-corrected chi connectivity index (χ2v) is 5.98. The van der Waals surface area contributed by atoms with Gasteiger partial charge < -0.3 is 29.9 Å². The van der Waals surface area contributed by atoms with Crippen LogP contribution in [0.25, 0.3) is 6.08 Å². The number of carboxylic acids is 1. The van der Waals surface area contributed by atoms with Crippen LogP contribution in [-0.4, -0.2) is 57.6 Å². The van der Waals surface area contributed by atoms with Crippen LogP contribution in [0.5, 0.6) is 0 Å². The molecule has 0 bridgehead atoms. The molecule has 1 aliphatic heterocycles. The predicted molar refractivity (Wildman–Crippen MR) is 83.2 cm³/mol. The maximum absolute atomic E-state index is 11.3. The summed E-state index contributed by atoms with van der Waals surface area (Å²) in [6.07, 6.45) is -3.32. The lowest BCUT2D eigenvalue weighted by atomic mass is 10.0. The Kier molecular flexibility index (Phi) is 6.14. The standard InChI is InChI=1S/C15H17BrO7/c16-9-3-1-8(2-4-9)5-11(15(20)21)22-13-6-10(18)14(19)12(7-17)23-13/h1-5,10,12-14,17-19H,6-7H2,(H,20,21)/b11-5-/t10-,12-,13-,14-/m0/s1. The second kappa shape index (κ2) is 7.89. The van der Waals surface area contributed by atoms with E-state index in [-0.39, 0.29) is 12.2 Å². The number of aliphatic hydroxyl groups is 3. The summed E-state index contributed by atoms with van der Waals surface area (Å²) in [7, 11) is 0. The first-order chi connectivity index (χ1) is 10.9. The molecule has 23 heavy (non-hydrogen) atoms. The number of benzene rings is 1. The minimum absolute atomic E-state index is 0.109. The van der Waals surface area contributed by atoms with E-state index in [1.165, 1.54) is 6.08 Å². The number of ether oxygens (including phenoxy) is 2. The third-order valence-electron chi connectivity index (χ3n) is 3.35. The van der Waals surface area contributed by atoms with E-state index in [1.807, 2.05) is 0 Å². The Bertz CT molecular complexity index is 572. The van der Waals surface area contributed by atoms with Crippen LogP contribution in [0.15, 0.2) is 34.5 Å². The number of halogens is 1. The molecule has 0 amide bonds. The SMILES string of the molecule is O=C(O)/C(=C/c1ccc(Br)cc1)O[C@@H]1C[C@H](O)[C@H](O)[C@H](CO)O1. The van der Waals surface area contributed by atoms with Crippen molar-refractivity contribution in [1.29, 1.82) is 0 Å². The molecule has 0 aromatic heterocycles. The van der Waals surface area contributed by atoms with Gasteiger partial charge in [0.25, 0.3) is 0 Å². The highest BCUT2D eigenvalue weighted by Gasteiger charge is 2.38. The van der Waals surface area contributed by atoms with Gasteiger partial charge in [-0.25, -0.2) is 4.79 Å². The van der Waals surface area contributed by atoms with Gasteiger partial charge in [0.05, 0.1) is 12.7 Å². The molecule has 1 fully saturated rings. The van der Waals surface area contributed by atoms with Crippen molar-refractivity contribution in [2.75, 3.05) is 6.61 Å². The first-order valence-corrected chi connectivity index (χ1v) is 7.69. The fraction of sp³-hybridized carbons (Fsp3) is 0.400. The van der Waals surface area contributed by atoms with Crippen LogP contribution in [0.1, 0.15) is 12.0 Å². The third-order valence-corrected chi connectivity index (χ3v) is 3.88. The first kappa shape index (κ1) is 17.9. The van der Waals surface area contributed by atoms with Crippen molar-refractivity contribution in [2.45, 2.75) is 31.0 Å². The van der Waals surface area contributed by atoms with Crippen molar-refractivity contribution in [3.63, 3.8) is 0 Å². The Labute approximate surface area is 140 Å². The van der Waals surface area contributed by atoms with Crippen LogP contribution in [0, 0.1) is 0 Å². The maximum Gasteiger partial charge on any atom is 0.371 e. The van der Waals surface area contributed by atoms with Crippen LogP contribution in [0.3, 0.4) is 0 Å². The number of aliphatic carboxylic acids is 1. The molecule has 4 atom stereocenters. The molecular weight excluding hydrogens is 372 g/mol. The summed E-state index contributed by atoms with van der Waals surface area (Å²) < 4.78 is 11.4. The molecule has 8 heteroatoms. The van der Waals surface area contributed by atoms with Crippen molar-refractivity contribution < 1.29 is 34.7 Å². The van der Waals surface area contributed by atoms with Gasteiger partial charge in [-0.05, 0) is 23.8 Å². The maximum atomic E-state index is 11.3. The number of hydrogen-bond donors (Lipinski definition) is 4. The molecule has 1 aromatic rings. The molecule has 1 aliphatic rings. The fourth-order valence-electron chi connectivity index (χ4n) is 2.14. The van der Waals surface area contributed by atoms with Gasteiger partial charge in [0.15, 0.2) is 0 Å². The van der Waals surface area contributed by atoms with E-state index >= 15 is 0 Å². The van der Waals surface area contributed by atoms with Crippen LogP contribution in [-0.2, 0) is 14.3 Å². The zero-order valence-electron chi connectivity index (χ0n) is 12.0. The lowest BCUT2D eigenvalue weighted by Crippen LogP contribution is -2.50. The molecule has 1 saturated heterocycles. The van der Waals surface area contributed by atoms with Crippen molar-refractivity contribution in [3.05, 3.63) is 40.1 Å². The van der Waals surface area contributed by atoms with E-state index in [9.17, 15) is 20.1 Å². The van der Waals surface area contributed by atoms with Crippen LogP contribution < -0.4 is 0 Å². The Morgan fingerprint density at radius 3 is 2.57 bits per heavy atom. The molecule has 7 nitrogen and oxygen atoms in total. The lowest BCUT2D eigenvalue weighted by Gasteiger charge is -2.36. The van der Waals surface area contributed by atoms with Gasteiger partial charge in [0.1, 0.15) is 12.2 Å². The van der Waals surface area contributed by atoms with Crippen molar-refractivity contribution >= 4 is 28.0 Å². The third kappa shape index (κ3) is 4.76. The molecule has 0 spiro atoms. The van der Waals surface area contributed by atoms with E-state index in [0.29, 0.717) is 5.56 Å². The van der Waals surface area contributed by atoms with E-state index < -0.39 is 37.2 Å². The Hall–Kier alpha value is -1.45. The molecular formula is C15H17BrO7. The molecule has 0 saturated carbocycles. The number of rotatable bonds is 5. The Balaban J connectivity index is 2.13. The quantitative estimate of drug-likeness (QED) is 0.433. The van der Waals surface area contributed by atoms with Crippen molar-refractivity contribution in [1.82, 2.24) is 0 Å². The number of carboxylic acid groups (broad SMARTS) is 1. The monoisotopic (exact) mass is 388 g/mol. The van der Waals surface area contributed by atoms with E-state index in [2.05, 4.69) is 15.9 Å². The summed E-state index contributed by atoms with van der Waals surface area (Å²) in [6.45, 7) is -0.517. The van der Waals surface area contributed by atoms with Crippen molar-refractivity contribution in [3.8, 4) is 0 Å². The van der Waals surface area contributed by atoms with Gasteiger partial charge in [0.2, 0.25) is 12.0 Å². The van der Waals surface area contributed by atoms with E-state index in [1.54, 1.807) is 24.3 Å². The highest BCUT2D eigenvalue weighted by molar-refractivity contribution is 9.10. The molecule has 0 unspecified atom stereocenters. The Morgan fingerprint density at radius 2 is 2.00 bits per heavy atom. The molecule has 1 heterocycles. The summed E-state index contributed by atoms with van der Waals surface area (Å²) in [4.78, 5) is 11.3. The largest absolute Gasteiger partial charge is 0.475 e. The lowest BCUT2D eigenvalue weighted by molar-refractivity contribution is -0.246. The summed E-state index contributed by atoms with van der Waals surface area (Å²) in [5.74, 6) is -1.66. The molecule has 0 radical (unpaired) electrons. The summed E-state index contributed by atoms with van der Waals surface area (Å²) in [5, 5.41) is 37.7. The summed E-state index contributed by atoms with van der Waals surface area (Å²) in [6, 6.07) is 6.91. The number of carbonyl (C=O) groups is 1. The Morgan fingerprint density at radius 1 is 1.35 bits per heavy atom. The van der Waals surface area contributed by atoms with Gasteiger partial charge >= 0.3 is 5.97 Å². The zero-order chi connectivity index (χ0) is 17.0. The number of hydrogen-bond acceptors (Lipinski definition) is 6. The van der Waals surface area contributed by atoms with Crippen LogP contribution in [0.2, 0.25) is 0 Å². The number of aliphatic hydroxyl groups excluding tert-OH is 3. The van der Waals surface area contributed by atoms with E-state index in [4.69, 9.17) is 14.6 Å². The average molecular weight is 389 g/mol. The van der Waals surface area contributed by atoms with Gasteiger partial charge in [-0.3, -0.25) is 0 Å². The van der Waals surface area contributed by atoms with Gasteiger partial charge in [0, 0.05) is 10.9 Å². The minimum Gasteiger partial charge on any atom is -0.475 e. The smallest absolute Gasteiger partial charge is 0.371 e. The highest BCUT2D eigenvalue weighted by Crippen LogP contribution is 2.24. The van der Waals surface area contributed by atoms with Crippen LogP contribution in [0.4, 0.5) is 0 Å². The highest BCUT2D eigenvalue weighted by atomic mass is 79.9.